The SMILES string of the molecule is O=C(O)c1cc(Cl)c2nnc(-c3cc(Cl)ccc3Cl)n2c1. The fourth-order valence-corrected chi connectivity index (χ4v) is 2.54. The third-order valence-electron chi connectivity index (χ3n) is 2.88. The molecule has 0 spiro atoms. The first-order valence-corrected chi connectivity index (χ1v) is 6.84. The molecule has 0 aliphatic heterocycles. The Morgan fingerprint density at radius 2 is 1.86 bits per heavy atom. The molecule has 3 rings (SSSR count). The highest BCUT2D eigenvalue weighted by Crippen LogP contribution is 2.31. The van der Waals surface area contributed by atoms with Crippen LogP contribution in [0.5, 0.6) is 0 Å². The van der Waals surface area contributed by atoms with E-state index in [-0.39, 0.29) is 10.6 Å². The van der Waals surface area contributed by atoms with Gasteiger partial charge in [0, 0.05) is 16.8 Å². The molecule has 21 heavy (non-hydrogen) atoms. The molecule has 0 fully saturated rings. The number of halogens is 3. The van der Waals surface area contributed by atoms with Crippen LogP contribution in [0.2, 0.25) is 15.1 Å². The maximum atomic E-state index is 11.1. The van der Waals surface area contributed by atoms with Crippen LogP contribution in [0.4, 0.5) is 0 Å². The number of pyridine rings is 1. The minimum absolute atomic E-state index is 0.0201. The van der Waals surface area contributed by atoms with Crippen LogP contribution >= 0.6 is 34.8 Å². The van der Waals surface area contributed by atoms with Crippen molar-refractivity contribution in [2.75, 3.05) is 0 Å². The lowest BCUT2D eigenvalue weighted by Gasteiger charge is -2.05. The predicted octanol–water partition coefficient (Wildman–Crippen LogP) is 4.05. The molecule has 0 bridgehead atoms. The zero-order chi connectivity index (χ0) is 15.1. The Morgan fingerprint density at radius 1 is 1.10 bits per heavy atom. The molecular formula is C13H6Cl3N3O2. The van der Waals surface area contributed by atoms with Crippen LogP contribution < -0.4 is 0 Å². The van der Waals surface area contributed by atoms with Gasteiger partial charge in [0.25, 0.3) is 0 Å². The summed E-state index contributed by atoms with van der Waals surface area (Å²) in [5.41, 5.74) is 0.898. The normalized spacial score (nSPS) is 11.0. The lowest BCUT2D eigenvalue weighted by molar-refractivity contribution is 0.0696. The van der Waals surface area contributed by atoms with E-state index in [0.29, 0.717) is 27.1 Å². The van der Waals surface area contributed by atoms with Gasteiger partial charge in [-0.25, -0.2) is 4.79 Å². The number of fused-ring (bicyclic) bond motifs is 1. The van der Waals surface area contributed by atoms with Gasteiger partial charge in [-0.3, -0.25) is 4.40 Å². The first-order chi connectivity index (χ1) is 9.97. The molecule has 1 N–H and O–H groups in total. The lowest BCUT2D eigenvalue weighted by Crippen LogP contribution is -2.00. The quantitative estimate of drug-likeness (QED) is 0.763. The van der Waals surface area contributed by atoms with Crippen LogP contribution in [-0.2, 0) is 0 Å². The second kappa shape index (κ2) is 5.18. The summed E-state index contributed by atoms with van der Waals surface area (Å²) >= 11 is 18.1. The predicted molar refractivity (Wildman–Crippen MR) is 80.4 cm³/mol. The highest BCUT2D eigenvalue weighted by molar-refractivity contribution is 6.35. The molecule has 0 atom stereocenters. The molecule has 5 nitrogen and oxygen atoms in total. The van der Waals surface area contributed by atoms with E-state index in [1.165, 1.54) is 16.7 Å². The first-order valence-electron chi connectivity index (χ1n) is 5.70. The van der Waals surface area contributed by atoms with E-state index in [0.717, 1.165) is 0 Å². The van der Waals surface area contributed by atoms with Gasteiger partial charge in [0.15, 0.2) is 11.5 Å². The van der Waals surface area contributed by atoms with E-state index in [1.807, 2.05) is 0 Å². The fraction of sp³-hybridized carbons (Fsp3) is 0. The fourth-order valence-electron chi connectivity index (χ4n) is 1.92. The van der Waals surface area contributed by atoms with Crippen molar-refractivity contribution >= 4 is 46.4 Å². The zero-order valence-corrected chi connectivity index (χ0v) is 12.5. The summed E-state index contributed by atoms with van der Waals surface area (Å²) in [4.78, 5) is 11.1. The third kappa shape index (κ3) is 2.44. The molecule has 0 saturated carbocycles. The number of carboxylic acids is 1. The van der Waals surface area contributed by atoms with Crippen molar-refractivity contribution in [2.45, 2.75) is 0 Å². The van der Waals surface area contributed by atoms with Gasteiger partial charge in [-0.15, -0.1) is 10.2 Å². The van der Waals surface area contributed by atoms with Gasteiger partial charge < -0.3 is 5.11 Å². The van der Waals surface area contributed by atoms with Crippen molar-refractivity contribution < 1.29 is 9.90 Å². The minimum Gasteiger partial charge on any atom is -0.478 e. The molecular weight excluding hydrogens is 337 g/mol. The Bertz CT molecular complexity index is 876. The first kappa shape index (κ1) is 14.1. The molecule has 3 aromatic rings. The van der Waals surface area contributed by atoms with Crippen molar-refractivity contribution in [3.8, 4) is 11.4 Å². The summed E-state index contributed by atoms with van der Waals surface area (Å²) in [5, 5.41) is 18.2. The molecule has 0 amide bonds. The molecule has 8 heteroatoms. The van der Waals surface area contributed by atoms with E-state index in [2.05, 4.69) is 10.2 Å². The summed E-state index contributed by atoms with van der Waals surface area (Å²) < 4.78 is 1.48. The largest absolute Gasteiger partial charge is 0.478 e. The van der Waals surface area contributed by atoms with E-state index < -0.39 is 5.97 Å². The maximum absolute atomic E-state index is 11.1. The van der Waals surface area contributed by atoms with Gasteiger partial charge in [-0.1, -0.05) is 34.8 Å². The van der Waals surface area contributed by atoms with Crippen molar-refractivity contribution in [2.24, 2.45) is 0 Å². The van der Waals surface area contributed by atoms with Gasteiger partial charge in [-0.05, 0) is 24.3 Å². The van der Waals surface area contributed by atoms with Crippen LogP contribution in [0, 0.1) is 0 Å². The van der Waals surface area contributed by atoms with Gasteiger partial charge in [0.2, 0.25) is 0 Å². The zero-order valence-electron chi connectivity index (χ0n) is 10.2. The minimum atomic E-state index is -1.10. The Balaban J connectivity index is 2.33. The van der Waals surface area contributed by atoms with Crippen molar-refractivity contribution in [1.82, 2.24) is 14.6 Å². The molecule has 0 radical (unpaired) electrons. The number of carbonyl (C=O) groups is 1. The van der Waals surface area contributed by atoms with Crippen molar-refractivity contribution in [1.29, 1.82) is 0 Å². The molecule has 0 unspecified atom stereocenters. The second-order valence-electron chi connectivity index (χ2n) is 4.22. The highest BCUT2D eigenvalue weighted by Gasteiger charge is 2.16. The smallest absolute Gasteiger partial charge is 0.337 e. The van der Waals surface area contributed by atoms with E-state index in [9.17, 15) is 4.79 Å². The Hall–Kier alpha value is -1.82. The summed E-state index contributed by atoms with van der Waals surface area (Å²) in [6, 6.07) is 6.22. The monoisotopic (exact) mass is 341 g/mol. The van der Waals surface area contributed by atoms with Crippen LogP contribution in [0.1, 0.15) is 10.4 Å². The van der Waals surface area contributed by atoms with E-state index in [4.69, 9.17) is 39.9 Å². The number of hydrogen-bond acceptors (Lipinski definition) is 3. The van der Waals surface area contributed by atoms with Crippen molar-refractivity contribution in [3.05, 3.63) is 51.1 Å². The lowest BCUT2D eigenvalue weighted by atomic mass is 10.2. The van der Waals surface area contributed by atoms with Gasteiger partial charge in [0.1, 0.15) is 0 Å². The highest BCUT2D eigenvalue weighted by atomic mass is 35.5. The molecule has 2 heterocycles. The van der Waals surface area contributed by atoms with Crippen LogP contribution in [0.25, 0.3) is 17.0 Å². The summed E-state index contributed by atoms with van der Waals surface area (Å²) in [6.45, 7) is 0. The van der Waals surface area contributed by atoms with Gasteiger partial charge in [-0.2, -0.15) is 0 Å². The number of nitrogens with zero attached hydrogens (tertiary/aromatic N) is 3. The summed E-state index contributed by atoms with van der Waals surface area (Å²) in [7, 11) is 0. The molecule has 106 valence electrons. The van der Waals surface area contributed by atoms with Crippen LogP contribution in [-0.4, -0.2) is 25.7 Å². The van der Waals surface area contributed by atoms with Gasteiger partial charge >= 0.3 is 5.97 Å². The average molecular weight is 343 g/mol. The van der Waals surface area contributed by atoms with Crippen molar-refractivity contribution in [3.63, 3.8) is 0 Å². The number of carboxylic acid groups (broad SMARTS) is 1. The summed E-state index contributed by atoms with van der Waals surface area (Å²) in [5.74, 6) is -0.738. The standard InChI is InChI=1S/C13H6Cl3N3O2/c14-7-1-2-9(15)8(4-7)11-17-18-12-10(16)3-6(13(20)21)5-19(11)12/h1-5H,(H,20,21). The topological polar surface area (TPSA) is 67.5 Å². The van der Waals surface area contributed by atoms with Crippen LogP contribution in [0.3, 0.4) is 0 Å². The third-order valence-corrected chi connectivity index (χ3v) is 3.72. The Kier molecular flexibility index (Phi) is 3.49. The molecule has 0 aliphatic carbocycles. The number of aromatic nitrogens is 3. The molecule has 2 aromatic heterocycles. The van der Waals surface area contributed by atoms with E-state index >= 15 is 0 Å². The average Bonchev–Trinajstić information content (AvgIpc) is 2.85. The van der Waals surface area contributed by atoms with E-state index in [1.54, 1.807) is 18.2 Å². The maximum Gasteiger partial charge on any atom is 0.337 e. The second-order valence-corrected chi connectivity index (χ2v) is 5.47. The molecule has 0 saturated heterocycles. The molecule has 0 aliphatic rings. The molecule has 1 aromatic carbocycles. The van der Waals surface area contributed by atoms with Gasteiger partial charge in [0.05, 0.1) is 15.6 Å². The Morgan fingerprint density at radius 3 is 2.57 bits per heavy atom. The summed E-state index contributed by atoms with van der Waals surface area (Å²) in [6.07, 6.45) is 1.39. The Labute approximate surface area is 133 Å². The number of rotatable bonds is 2. The number of benzene rings is 1. The number of hydrogen-bond donors (Lipinski definition) is 1. The number of aromatic carboxylic acids is 1. The van der Waals surface area contributed by atoms with Crippen LogP contribution in [0.15, 0.2) is 30.5 Å².